The molecule has 1 aromatic heterocycles. The fourth-order valence-electron chi connectivity index (χ4n) is 2.11. The monoisotopic (exact) mass is 328 g/mol. The van der Waals surface area contributed by atoms with Crippen molar-refractivity contribution in [2.75, 3.05) is 11.5 Å². The number of amides is 1. The van der Waals surface area contributed by atoms with Gasteiger partial charge in [-0.1, -0.05) is 41.8 Å². The van der Waals surface area contributed by atoms with Crippen LogP contribution in [0.4, 0.5) is 0 Å². The van der Waals surface area contributed by atoms with Crippen LogP contribution < -0.4 is 5.32 Å². The highest BCUT2D eigenvalue weighted by atomic mass is 32.2. The largest absolute Gasteiger partial charge is 0.337 e. The Balaban J connectivity index is 1.81. The zero-order valence-corrected chi connectivity index (χ0v) is 13.7. The van der Waals surface area contributed by atoms with Gasteiger partial charge in [0, 0.05) is 0 Å². The molecule has 1 saturated carbocycles. The molecule has 0 spiro atoms. The van der Waals surface area contributed by atoms with Crippen molar-refractivity contribution in [3.05, 3.63) is 0 Å². The van der Waals surface area contributed by atoms with Crippen LogP contribution in [-0.4, -0.2) is 33.1 Å². The van der Waals surface area contributed by atoms with Crippen molar-refractivity contribution < 1.29 is 4.79 Å². The molecule has 0 radical (unpaired) electrons. The van der Waals surface area contributed by atoms with Gasteiger partial charge in [0.25, 0.3) is 0 Å². The van der Waals surface area contributed by atoms with E-state index in [9.17, 15) is 10.1 Å². The van der Waals surface area contributed by atoms with Crippen LogP contribution in [0.5, 0.6) is 0 Å². The molecule has 0 aromatic carbocycles. The average Bonchev–Trinajstić information content (AvgIpc) is 3.07. The molecule has 8 heteroatoms. The normalized spacial score (nSPS) is 16.8. The number of rotatable bonds is 6. The molecule has 108 valence electrons. The minimum absolute atomic E-state index is 0.0988. The number of nitrogens with one attached hydrogen (secondary N) is 1. The molecular formula is C12H16N4OS3. The Hall–Kier alpha value is -0.780. The molecule has 0 saturated heterocycles. The van der Waals surface area contributed by atoms with Crippen LogP contribution in [0.2, 0.25) is 0 Å². The first-order valence-electron chi connectivity index (χ1n) is 6.49. The number of nitrogens with zero attached hydrogens (tertiary/aromatic N) is 3. The van der Waals surface area contributed by atoms with Crippen LogP contribution in [-0.2, 0) is 4.79 Å². The van der Waals surface area contributed by atoms with Gasteiger partial charge in [-0.05, 0) is 31.4 Å². The quantitative estimate of drug-likeness (QED) is 0.809. The molecule has 0 aliphatic heterocycles. The van der Waals surface area contributed by atoms with E-state index in [1.165, 1.54) is 23.1 Å². The summed E-state index contributed by atoms with van der Waals surface area (Å²) in [6, 6.07) is 2.26. The first kappa shape index (κ1) is 15.6. The zero-order valence-electron chi connectivity index (χ0n) is 11.2. The van der Waals surface area contributed by atoms with Gasteiger partial charge in [0.05, 0.1) is 11.8 Å². The first-order chi connectivity index (χ1) is 9.67. The predicted molar refractivity (Wildman–Crippen MR) is 82.0 cm³/mol. The first-order valence-corrected chi connectivity index (χ1v) is 9.27. The van der Waals surface area contributed by atoms with Crippen molar-refractivity contribution in [3.63, 3.8) is 0 Å². The van der Waals surface area contributed by atoms with E-state index in [-0.39, 0.29) is 11.7 Å². The number of carbonyl (C=O) groups is 1. The third-order valence-electron chi connectivity index (χ3n) is 3.03. The number of hydrogen-bond acceptors (Lipinski definition) is 7. The van der Waals surface area contributed by atoms with E-state index in [0.717, 1.165) is 40.1 Å². The van der Waals surface area contributed by atoms with Crippen molar-refractivity contribution in [2.24, 2.45) is 0 Å². The molecule has 1 amide bonds. The summed E-state index contributed by atoms with van der Waals surface area (Å²) in [5.74, 6) is 1.15. The Morgan fingerprint density at radius 3 is 2.65 bits per heavy atom. The van der Waals surface area contributed by atoms with E-state index in [1.54, 1.807) is 11.8 Å². The molecule has 1 fully saturated rings. The molecule has 20 heavy (non-hydrogen) atoms. The third kappa shape index (κ3) is 4.11. The highest BCUT2D eigenvalue weighted by molar-refractivity contribution is 8.03. The molecule has 1 aromatic rings. The highest BCUT2D eigenvalue weighted by Gasteiger charge is 2.35. The van der Waals surface area contributed by atoms with E-state index in [1.807, 2.05) is 0 Å². The molecule has 1 aliphatic carbocycles. The number of thioether (sulfide) groups is 2. The van der Waals surface area contributed by atoms with Crippen molar-refractivity contribution >= 4 is 40.8 Å². The van der Waals surface area contributed by atoms with Crippen molar-refractivity contribution in [2.45, 2.75) is 46.8 Å². The predicted octanol–water partition coefficient (Wildman–Crippen LogP) is 2.69. The molecule has 1 aliphatic rings. The number of nitriles is 1. The Labute approximate surface area is 130 Å². The van der Waals surface area contributed by atoms with E-state index in [2.05, 4.69) is 28.5 Å². The molecular weight excluding hydrogens is 312 g/mol. The van der Waals surface area contributed by atoms with Gasteiger partial charge in [0.1, 0.15) is 5.54 Å². The zero-order chi connectivity index (χ0) is 14.4. The fraction of sp³-hybridized carbons (Fsp3) is 0.667. The molecule has 1 heterocycles. The Bertz CT molecular complexity index is 505. The van der Waals surface area contributed by atoms with E-state index in [4.69, 9.17) is 0 Å². The number of aromatic nitrogens is 2. The van der Waals surface area contributed by atoms with Gasteiger partial charge in [0.15, 0.2) is 8.68 Å². The lowest BCUT2D eigenvalue weighted by Gasteiger charge is -2.21. The summed E-state index contributed by atoms with van der Waals surface area (Å²) in [7, 11) is 0. The Kier molecular flexibility index (Phi) is 5.69. The summed E-state index contributed by atoms with van der Waals surface area (Å²) in [6.45, 7) is 2.06. The van der Waals surface area contributed by atoms with E-state index >= 15 is 0 Å². The maximum Gasteiger partial charge on any atom is 0.231 e. The lowest BCUT2D eigenvalue weighted by atomic mass is 10.0. The molecule has 0 unspecified atom stereocenters. The molecule has 0 bridgehead atoms. The van der Waals surface area contributed by atoms with E-state index < -0.39 is 5.54 Å². The summed E-state index contributed by atoms with van der Waals surface area (Å²) in [4.78, 5) is 11.9. The van der Waals surface area contributed by atoms with Crippen LogP contribution in [0.15, 0.2) is 8.68 Å². The minimum atomic E-state index is -0.637. The molecule has 1 N–H and O–H groups in total. The van der Waals surface area contributed by atoms with Crippen LogP contribution in [0, 0.1) is 11.3 Å². The van der Waals surface area contributed by atoms with Crippen LogP contribution >= 0.6 is 34.9 Å². The summed E-state index contributed by atoms with van der Waals surface area (Å²) >= 11 is 4.53. The van der Waals surface area contributed by atoms with Gasteiger partial charge in [-0.15, -0.1) is 10.2 Å². The van der Waals surface area contributed by atoms with Gasteiger partial charge < -0.3 is 5.32 Å². The van der Waals surface area contributed by atoms with Crippen molar-refractivity contribution in [3.8, 4) is 6.07 Å². The summed E-state index contributed by atoms with van der Waals surface area (Å²) in [5, 5.41) is 20.2. The highest BCUT2D eigenvalue weighted by Crippen LogP contribution is 2.30. The average molecular weight is 328 g/mol. The standard InChI is InChI=1S/C12H16N4OS3/c1-2-18-10-15-16-11(20-10)19-7-9(17)14-12(8-13)5-3-4-6-12/h2-7H2,1H3,(H,14,17). The fourth-order valence-corrected chi connectivity index (χ4v) is 4.83. The summed E-state index contributed by atoms with van der Waals surface area (Å²) in [5.41, 5.74) is -0.637. The second kappa shape index (κ2) is 7.29. The van der Waals surface area contributed by atoms with Gasteiger partial charge in [-0.3, -0.25) is 4.79 Å². The second-order valence-electron chi connectivity index (χ2n) is 4.50. The Morgan fingerprint density at radius 2 is 2.05 bits per heavy atom. The lowest BCUT2D eigenvalue weighted by molar-refractivity contribution is -0.119. The smallest absolute Gasteiger partial charge is 0.231 e. The number of hydrogen-bond donors (Lipinski definition) is 1. The van der Waals surface area contributed by atoms with Crippen molar-refractivity contribution in [1.82, 2.24) is 15.5 Å². The van der Waals surface area contributed by atoms with Crippen LogP contribution in [0.3, 0.4) is 0 Å². The molecule has 2 rings (SSSR count). The second-order valence-corrected chi connectivity index (χ2v) is 8.22. The van der Waals surface area contributed by atoms with Gasteiger partial charge in [-0.25, -0.2) is 0 Å². The van der Waals surface area contributed by atoms with Crippen molar-refractivity contribution in [1.29, 1.82) is 5.26 Å². The minimum Gasteiger partial charge on any atom is -0.337 e. The van der Waals surface area contributed by atoms with E-state index in [0.29, 0.717) is 0 Å². The van der Waals surface area contributed by atoms with Crippen LogP contribution in [0.25, 0.3) is 0 Å². The number of carbonyl (C=O) groups excluding carboxylic acids is 1. The maximum absolute atomic E-state index is 11.9. The Morgan fingerprint density at radius 1 is 1.40 bits per heavy atom. The van der Waals surface area contributed by atoms with Gasteiger partial charge in [0.2, 0.25) is 5.91 Å². The maximum atomic E-state index is 11.9. The third-order valence-corrected chi connectivity index (χ3v) is 6.10. The van der Waals surface area contributed by atoms with Crippen LogP contribution in [0.1, 0.15) is 32.6 Å². The SMILES string of the molecule is CCSc1nnc(SCC(=O)NC2(C#N)CCCC2)s1. The van der Waals surface area contributed by atoms with Gasteiger partial charge >= 0.3 is 0 Å². The lowest BCUT2D eigenvalue weighted by Crippen LogP contribution is -2.45. The topological polar surface area (TPSA) is 78.7 Å². The summed E-state index contributed by atoms with van der Waals surface area (Å²) < 4.78 is 1.73. The summed E-state index contributed by atoms with van der Waals surface area (Å²) in [6.07, 6.45) is 3.54. The van der Waals surface area contributed by atoms with Gasteiger partial charge in [-0.2, -0.15) is 5.26 Å². The molecule has 0 atom stereocenters. The molecule has 5 nitrogen and oxygen atoms in total.